The molecule has 19 heavy (non-hydrogen) atoms. The molecule has 0 aliphatic rings. The van der Waals surface area contributed by atoms with Crippen LogP contribution in [-0.4, -0.2) is 38.3 Å². The number of thioether (sulfide) groups is 1. The molecule has 2 rings (SSSR count). The van der Waals surface area contributed by atoms with Crippen molar-refractivity contribution in [3.63, 3.8) is 0 Å². The molecule has 0 saturated heterocycles. The van der Waals surface area contributed by atoms with Gasteiger partial charge in [-0.25, -0.2) is 15.0 Å². The normalized spacial score (nSPS) is 13.9. The number of imidazole rings is 1. The van der Waals surface area contributed by atoms with Crippen molar-refractivity contribution in [3.05, 3.63) is 12.7 Å². The highest BCUT2D eigenvalue weighted by molar-refractivity contribution is 7.99. The highest BCUT2D eigenvalue weighted by Crippen LogP contribution is 2.28. The highest BCUT2D eigenvalue weighted by Gasteiger charge is 2.24. The fourth-order valence-corrected chi connectivity index (χ4v) is 3.23. The summed E-state index contributed by atoms with van der Waals surface area (Å²) in [6.45, 7) is 9.89. The molecule has 0 aromatic carbocycles. The molecule has 1 unspecified atom stereocenters. The molecule has 0 aliphatic carbocycles. The van der Waals surface area contributed by atoms with E-state index in [-0.39, 0.29) is 5.41 Å². The molecule has 104 valence electrons. The van der Waals surface area contributed by atoms with Crippen LogP contribution in [0.25, 0.3) is 11.2 Å². The van der Waals surface area contributed by atoms with E-state index in [4.69, 9.17) is 0 Å². The number of rotatable bonds is 5. The smallest absolute Gasteiger partial charge is 0.181 e. The van der Waals surface area contributed by atoms with E-state index in [1.54, 1.807) is 24.4 Å². The number of hydrogen-bond acceptors (Lipinski definition) is 5. The van der Waals surface area contributed by atoms with Crippen LogP contribution in [0.4, 0.5) is 0 Å². The van der Waals surface area contributed by atoms with Gasteiger partial charge in [-0.05, 0) is 12.0 Å². The van der Waals surface area contributed by atoms with Crippen molar-refractivity contribution in [1.82, 2.24) is 25.3 Å². The van der Waals surface area contributed by atoms with Gasteiger partial charge in [-0.15, -0.1) is 11.8 Å². The second kappa shape index (κ2) is 5.88. The fraction of sp³-hybridized carbons (Fsp3) is 0.615. The fourth-order valence-electron chi connectivity index (χ4n) is 1.88. The molecule has 0 saturated carbocycles. The number of nitrogens with one attached hydrogen (secondary N) is 2. The van der Waals surface area contributed by atoms with Gasteiger partial charge in [-0.3, -0.25) is 0 Å². The summed E-state index contributed by atoms with van der Waals surface area (Å²) in [5, 5.41) is 4.51. The van der Waals surface area contributed by atoms with E-state index < -0.39 is 0 Å². The minimum atomic E-state index is 0.225. The van der Waals surface area contributed by atoms with Crippen molar-refractivity contribution in [2.24, 2.45) is 5.41 Å². The van der Waals surface area contributed by atoms with Crippen molar-refractivity contribution in [3.8, 4) is 0 Å². The first kappa shape index (κ1) is 14.3. The Hall–Kier alpha value is -1.14. The van der Waals surface area contributed by atoms with E-state index in [1.165, 1.54) is 0 Å². The molecule has 0 aliphatic heterocycles. The predicted molar refractivity (Wildman–Crippen MR) is 79.3 cm³/mol. The molecule has 2 aromatic rings. The Labute approximate surface area is 118 Å². The van der Waals surface area contributed by atoms with Crippen LogP contribution in [0.2, 0.25) is 0 Å². The summed E-state index contributed by atoms with van der Waals surface area (Å²) in [5.41, 5.74) is 1.88. The Morgan fingerprint density at radius 3 is 2.79 bits per heavy atom. The zero-order valence-electron chi connectivity index (χ0n) is 11.9. The van der Waals surface area contributed by atoms with Crippen LogP contribution < -0.4 is 5.32 Å². The summed E-state index contributed by atoms with van der Waals surface area (Å²) >= 11 is 1.74. The lowest BCUT2D eigenvalue weighted by Gasteiger charge is -2.31. The van der Waals surface area contributed by atoms with Crippen molar-refractivity contribution < 1.29 is 0 Å². The van der Waals surface area contributed by atoms with E-state index in [9.17, 15) is 0 Å². The first-order valence-electron chi connectivity index (χ1n) is 6.52. The molecule has 2 aromatic heterocycles. The Morgan fingerprint density at radius 1 is 1.32 bits per heavy atom. The van der Waals surface area contributed by atoms with E-state index in [2.05, 4.69) is 52.9 Å². The number of nitrogens with zero attached hydrogens (tertiary/aromatic N) is 3. The molecule has 0 amide bonds. The second-order valence-corrected chi connectivity index (χ2v) is 6.58. The summed E-state index contributed by atoms with van der Waals surface area (Å²) < 4.78 is 0. The second-order valence-electron chi connectivity index (χ2n) is 5.57. The SMILES string of the molecule is CCNC(CSc1ncnc2nc[nH]c12)C(C)(C)C. The number of aromatic amines is 1. The average molecular weight is 279 g/mol. The number of H-pyrrole nitrogens is 1. The van der Waals surface area contributed by atoms with Crippen LogP contribution in [0.5, 0.6) is 0 Å². The molecule has 0 spiro atoms. The van der Waals surface area contributed by atoms with Gasteiger partial charge < -0.3 is 10.3 Å². The van der Waals surface area contributed by atoms with E-state index in [0.29, 0.717) is 6.04 Å². The monoisotopic (exact) mass is 279 g/mol. The van der Waals surface area contributed by atoms with Crippen LogP contribution in [0.15, 0.2) is 17.7 Å². The van der Waals surface area contributed by atoms with Gasteiger partial charge in [0.15, 0.2) is 5.65 Å². The topological polar surface area (TPSA) is 66.5 Å². The maximum atomic E-state index is 4.35. The number of fused-ring (bicyclic) bond motifs is 1. The van der Waals surface area contributed by atoms with Gasteiger partial charge >= 0.3 is 0 Å². The standard InChI is InChI=1S/C13H21N5S/c1-5-14-9(13(2,3)4)6-19-12-10-11(16-7-15-10)17-8-18-12/h7-9,14H,5-6H2,1-4H3,(H,15,16,17,18). The van der Waals surface area contributed by atoms with Crippen molar-refractivity contribution >= 4 is 22.9 Å². The van der Waals surface area contributed by atoms with Crippen molar-refractivity contribution in [2.45, 2.75) is 38.8 Å². The molecule has 0 radical (unpaired) electrons. The largest absolute Gasteiger partial charge is 0.341 e. The molecule has 0 fully saturated rings. The Bertz CT molecular complexity index is 531. The van der Waals surface area contributed by atoms with Crippen LogP contribution in [-0.2, 0) is 0 Å². The van der Waals surface area contributed by atoms with Gasteiger partial charge in [0.1, 0.15) is 16.9 Å². The molecule has 0 bridgehead atoms. The summed E-state index contributed by atoms with van der Waals surface area (Å²) in [6.07, 6.45) is 3.24. The third-order valence-electron chi connectivity index (χ3n) is 3.07. The van der Waals surface area contributed by atoms with Gasteiger partial charge in [0.05, 0.1) is 6.33 Å². The molecule has 2 heterocycles. The predicted octanol–water partition coefficient (Wildman–Crippen LogP) is 2.47. The van der Waals surface area contributed by atoms with Crippen LogP contribution in [0.3, 0.4) is 0 Å². The average Bonchev–Trinajstić information content (AvgIpc) is 2.81. The minimum absolute atomic E-state index is 0.225. The summed E-state index contributed by atoms with van der Waals surface area (Å²) in [5.74, 6) is 0.975. The summed E-state index contributed by atoms with van der Waals surface area (Å²) in [7, 11) is 0. The van der Waals surface area contributed by atoms with Gasteiger partial charge in [0.25, 0.3) is 0 Å². The first-order valence-corrected chi connectivity index (χ1v) is 7.51. The van der Waals surface area contributed by atoms with Gasteiger partial charge in [0, 0.05) is 11.8 Å². The molecule has 2 N–H and O–H groups in total. The molecule has 6 heteroatoms. The Balaban J connectivity index is 2.10. The van der Waals surface area contributed by atoms with Crippen LogP contribution >= 0.6 is 11.8 Å². The van der Waals surface area contributed by atoms with E-state index in [0.717, 1.165) is 28.5 Å². The zero-order chi connectivity index (χ0) is 13.9. The maximum Gasteiger partial charge on any atom is 0.181 e. The Morgan fingerprint density at radius 2 is 2.11 bits per heavy atom. The molecule has 1 atom stereocenters. The lowest BCUT2D eigenvalue weighted by molar-refractivity contribution is 0.295. The van der Waals surface area contributed by atoms with Gasteiger partial charge in [-0.1, -0.05) is 27.7 Å². The summed E-state index contributed by atoms with van der Waals surface area (Å²) in [4.78, 5) is 15.7. The minimum Gasteiger partial charge on any atom is -0.341 e. The zero-order valence-corrected chi connectivity index (χ0v) is 12.7. The maximum absolute atomic E-state index is 4.35. The third-order valence-corrected chi connectivity index (χ3v) is 4.15. The van der Waals surface area contributed by atoms with Crippen molar-refractivity contribution in [2.75, 3.05) is 12.3 Å². The van der Waals surface area contributed by atoms with Gasteiger partial charge in [-0.2, -0.15) is 0 Å². The molecule has 5 nitrogen and oxygen atoms in total. The third kappa shape index (κ3) is 3.45. The molecular formula is C13H21N5S. The Kier molecular flexibility index (Phi) is 4.42. The number of aromatic nitrogens is 4. The van der Waals surface area contributed by atoms with Gasteiger partial charge in [0.2, 0.25) is 0 Å². The van der Waals surface area contributed by atoms with Crippen LogP contribution in [0.1, 0.15) is 27.7 Å². The highest BCUT2D eigenvalue weighted by atomic mass is 32.2. The molecular weight excluding hydrogens is 258 g/mol. The van der Waals surface area contributed by atoms with Crippen LogP contribution in [0, 0.1) is 5.41 Å². The quantitative estimate of drug-likeness (QED) is 0.650. The van der Waals surface area contributed by atoms with E-state index >= 15 is 0 Å². The van der Waals surface area contributed by atoms with E-state index in [1.807, 2.05) is 0 Å². The number of hydrogen-bond donors (Lipinski definition) is 2. The lowest BCUT2D eigenvalue weighted by atomic mass is 9.88. The van der Waals surface area contributed by atoms with Crippen molar-refractivity contribution in [1.29, 1.82) is 0 Å². The summed E-state index contributed by atoms with van der Waals surface area (Å²) in [6, 6.07) is 0.440. The lowest BCUT2D eigenvalue weighted by Crippen LogP contribution is -2.42. The first-order chi connectivity index (χ1) is 9.02.